The summed E-state index contributed by atoms with van der Waals surface area (Å²) in [6, 6.07) is 11.9. The monoisotopic (exact) mass is 326 g/mol. The van der Waals surface area contributed by atoms with Crippen molar-refractivity contribution in [1.29, 1.82) is 0 Å². The van der Waals surface area contributed by atoms with Crippen LogP contribution in [0.1, 0.15) is 29.2 Å². The third kappa shape index (κ3) is 4.75. The second-order valence-electron chi connectivity index (χ2n) is 5.96. The lowest BCUT2D eigenvalue weighted by molar-refractivity contribution is 0.247. The smallest absolute Gasteiger partial charge is 0.319 e. The first kappa shape index (κ1) is 17.9. The highest BCUT2D eigenvalue weighted by molar-refractivity contribution is 5.91. The van der Waals surface area contributed by atoms with Crippen LogP contribution < -0.4 is 15.4 Å². The fourth-order valence-electron chi connectivity index (χ4n) is 2.80. The molecule has 4 nitrogen and oxygen atoms in total. The quantitative estimate of drug-likeness (QED) is 0.774. The highest BCUT2D eigenvalue weighted by atomic mass is 16.5. The Morgan fingerprint density at radius 1 is 1.08 bits per heavy atom. The number of anilines is 1. The van der Waals surface area contributed by atoms with Gasteiger partial charge in [-0.25, -0.2) is 4.79 Å². The molecule has 0 spiro atoms. The van der Waals surface area contributed by atoms with Gasteiger partial charge in [-0.3, -0.25) is 0 Å². The van der Waals surface area contributed by atoms with E-state index in [4.69, 9.17) is 4.74 Å². The van der Waals surface area contributed by atoms with E-state index in [-0.39, 0.29) is 6.03 Å². The molecule has 0 aliphatic heterocycles. The molecular weight excluding hydrogens is 300 g/mol. The minimum atomic E-state index is -0.211. The minimum absolute atomic E-state index is 0.211. The highest BCUT2D eigenvalue weighted by Crippen LogP contribution is 2.21. The summed E-state index contributed by atoms with van der Waals surface area (Å²) in [6.07, 6.45) is 0.927. The number of aryl methyl sites for hydroxylation is 4. The third-order valence-corrected chi connectivity index (χ3v) is 3.91. The average molecular weight is 326 g/mol. The van der Waals surface area contributed by atoms with Gasteiger partial charge in [-0.05, 0) is 49.9 Å². The van der Waals surface area contributed by atoms with Crippen molar-refractivity contribution in [2.75, 3.05) is 18.5 Å². The molecule has 0 aromatic heterocycles. The fourth-order valence-corrected chi connectivity index (χ4v) is 2.80. The van der Waals surface area contributed by atoms with Crippen LogP contribution in [0.15, 0.2) is 36.4 Å². The van der Waals surface area contributed by atoms with E-state index >= 15 is 0 Å². The van der Waals surface area contributed by atoms with Gasteiger partial charge < -0.3 is 15.4 Å². The van der Waals surface area contributed by atoms with Crippen LogP contribution in [0.4, 0.5) is 10.5 Å². The van der Waals surface area contributed by atoms with E-state index in [1.807, 2.05) is 32.0 Å². The predicted octanol–water partition coefficient (Wildman–Crippen LogP) is 4.37. The third-order valence-electron chi connectivity index (χ3n) is 3.91. The Labute approximate surface area is 144 Å². The van der Waals surface area contributed by atoms with Crippen LogP contribution in [0.3, 0.4) is 0 Å². The molecule has 2 N–H and O–H groups in total. The van der Waals surface area contributed by atoms with E-state index in [2.05, 4.69) is 42.7 Å². The Morgan fingerprint density at radius 3 is 2.42 bits per heavy atom. The molecule has 0 saturated heterocycles. The zero-order valence-electron chi connectivity index (χ0n) is 14.9. The van der Waals surface area contributed by atoms with Crippen molar-refractivity contribution in [2.24, 2.45) is 0 Å². The molecule has 2 amide bonds. The predicted molar refractivity (Wildman–Crippen MR) is 99.0 cm³/mol. The zero-order chi connectivity index (χ0) is 17.5. The van der Waals surface area contributed by atoms with Crippen molar-refractivity contribution in [1.82, 2.24) is 5.32 Å². The summed E-state index contributed by atoms with van der Waals surface area (Å²) < 4.78 is 5.75. The van der Waals surface area contributed by atoms with Crippen LogP contribution >= 0.6 is 0 Å². The summed E-state index contributed by atoms with van der Waals surface area (Å²) in [5.41, 5.74) is 5.37. The fraction of sp³-hybridized carbons (Fsp3) is 0.350. The van der Waals surface area contributed by atoms with Gasteiger partial charge in [0, 0.05) is 5.69 Å². The summed E-state index contributed by atoms with van der Waals surface area (Å²) in [7, 11) is 0. The summed E-state index contributed by atoms with van der Waals surface area (Å²) in [5, 5.41) is 5.75. The van der Waals surface area contributed by atoms with Gasteiger partial charge in [0.1, 0.15) is 12.4 Å². The molecule has 4 heteroatoms. The number of urea groups is 1. The van der Waals surface area contributed by atoms with Crippen molar-refractivity contribution in [3.63, 3.8) is 0 Å². The molecule has 2 aromatic rings. The Bertz CT molecular complexity index is 688. The number of nitrogens with one attached hydrogen (secondary N) is 2. The molecule has 0 saturated carbocycles. The number of amides is 2. The zero-order valence-corrected chi connectivity index (χ0v) is 14.9. The molecule has 2 aromatic carbocycles. The van der Waals surface area contributed by atoms with Crippen molar-refractivity contribution >= 4 is 11.7 Å². The van der Waals surface area contributed by atoms with Gasteiger partial charge in [-0.1, -0.05) is 42.8 Å². The SMILES string of the molecule is CCc1ccccc1OCCNC(=O)Nc1c(C)cc(C)cc1C. The molecule has 24 heavy (non-hydrogen) atoms. The Balaban J connectivity index is 1.82. The largest absolute Gasteiger partial charge is 0.491 e. The van der Waals surface area contributed by atoms with Crippen LogP contribution in [-0.2, 0) is 6.42 Å². The van der Waals surface area contributed by atoms with E-state index in [1.165, 1.54) is 11.1 Å². The molecule has 0 heterocycles. The molecule has 0 unspecified atom stereocenters. The van der Waals surface area contributed by atoms with Gasteiger partial charge in [0.15, 0.2) is 0 Å². The molecule has 2 rings (SSSR count). The van der Waals surface area contributed by atoms with Gasteiger partial charge in [0.2, 0.25) is 0 Å². The van der Waals surface area contributed by atoms with Gasteiger partial charge >= 0.3 is 6.03 Å². The Hall–Kier alpha value is -2.49. The minimum Gasteiger partial charge on any atom is -0.491 e. The van der Waals surface area contributed by atoms with E-state index in [9.17, 15) is 4.79 Å². The summed E-state index contributed by atoms with van der Waals surface area (Å²) >= 11 is 0. The topological polar surface area (TPSA) is 50.4 Å². The molecular formula is C20H26N2O2. The van der Waals surface area contributed by atoms with Crippen molar-refractivity contribution in [2.45, 2.75) is 34.1 Å². The molecule has 0 bridgehead atoms. The van der Waals surface area contributed by atoms with Gasteiger partial charge in [-0.2, -0.15) is 0 Å². The first-order valence-corrected chi connectivity index (χ1v) is 8.34. The second-order valence-corrected chi connectivity index (χ2v) is 5.96. The van der Waals surface area contributed by atoms with Crippen LogP contribution in [0, 0.1) is 20.8 Å². The number of hydrogen-bond acceptors (Lipinski definition) is 2. The molecule has 128 valence electrons. The summed E-state index contributed by atoms with van der Waals surface area (Å²) in [4.78, 5) is 12.1. The van der Waals surface area contributed by atoms with Crippen molar-refractivity contribution in [3.05, 3.63) is 58.7 Å². The molecule has 0 aliphatic rings. The van der Waals surface area contributed by atoms with Gasteiger partial charge in [-0.15, -0.1) is 0 Å². The number of carbonyl (C=O) groups excluding carboxylic acids is 1. The number of para-hydroxylation sites is 1. The number of hydrogen-bond donors (Lipinski definition) is 2. The van der Waals surface area contributed by atoms with E-state index in [1.54, 1.807) is 0 Å². The number of rotatable bonds is 6. The molecule has 0 fully saturated rings. The lowest BCUT2D eigenvalue weighted by atomic mass is 10.1. The standard InChI is InChI=1S/C20H26N2O2/c1-5-17-8-6-7-9-18(17)24-11-10-21-20(23)22-19-15(3)12-14(2)13-16(19)4/h6-9,12-13H,5,10-11H2,1-4H3,(H2,21,22,23). The molecule has 0 radical (unpaired) electrons. The molecule has 0 atom stereocenters. The van der Waals surface area contributed by atoms with Crippen LogP contribution in [-0.4, -0.2) is 19.2 Å². The van der Waals surface area contributed by atoms with Crippen LogP contribution in [0.5, 0.6) is 5.75 Å². The number of carbonyl (C=O) groups is 1. The van der Waals surface area contributed by atoms with E-state index < -0.39 is 0 Å². The lowest BCUT2D eigenvalue weighted by Crippen LogP contribution is -2.32. The maximum atomic E-state index is 12.1. The maximum absolute atomic E-state index is 12.1. The first-order chi connectivity index (χ1) is 11.5. The van der Waals surface area contributed by atoms with Crippen molar-refractivity contribution in [3.8, 4) is 5.75 Å². The number of benzene rings is 2. The van der Waals surface area contributed by atoms with Crippen molar-refractivity contribution < 1.29 is 9.53 Å². The van der Waals surface area contributed by atoms with Gasteiger partial charge in [0.05, 0.1) is 6.54 Å². The van der Waals surface area contributed by atoms with Gasteiger partial charge in [0.25, 0.3) is 0 Å². The second kappa shape index (κ2) is 8.39. The maximum Gasteiger partial charge on any atom is 0.319 e. The first-order valence-electron chi connectivity index (χ1n) is 8.34. The molecule has 0 aliphatic carbocycles. The Morgan fingerprint density at radius 2 is 1.75 bits per heavy atom. The normalized spacial score (nSPS) is 10.3. The summed E-state index contributed by atoms with van der Waals surface area (Å²) in [6.45, 7) is 9.04. The average Bonchev–Trinajstić information content (AvgIpc) is 2.55. The van der Waals surface area contributed by atoms with E-state index in [0.717, 1.165) is 29.0 Å². The Kier molecular flexibility index (Phi) is 6.24. The van der Waals surface area contributed by atoms with Crippen LogP contribution in [0.2, 0.25) is 0 Å². The number of ether oxygens (including phenoxy) is 1. The highest BCUT2D eigenvalue weighted by Gasteiger charge is 2.08. The lowest BCUT2D eigenvalue weighted by Gasteiger charge is -2.14. The van der Waals surface area contributed by atoms with E-state index in [0.29, 0.717) is 13.2 Å². The summed E-state index contributed by atoms with van der Waals surface area (Å²) in [5.74, 6) is 0.882. The van der Waals surface area contributed by atoms with Crippen LogP contribution in [0.25, 0.3) is 0 Å².